The molecule has 0 unspecified atom stereocenters. The van der Waals surface area contributed by atoms with Crippen molar-refractivity contribution in [1.29, 1.82) is 0 Å². The van der Waals surface area contributed by atoms with Crippen molar-refractivity contribution < 1.29 is 14.0 Å². The molecule has 0 radical (unpaired) electrons. The Kier molecular flexibility index (Phi) is 6.46. The number of hydrogen-bond donors (Lipinski definition) is 2. The maximum Gasteiger partial charge on any atom is 0.299 e. The Balaban J connectivity index is 1.39. The van der Waals surface area contributed by atoms with Crippen LogP contribution >= 0.6 is 0 Å². The maximum atomic E-state index is 14.8. The first-order valence-electron chi connectivity index (χ1n) is 12.0. The number of carbonyl (C=O) groups is 2. The van der Waals surface area contributed by atoms with Gasteiger partial charge in [-0.05, 0) is 44.7 Å². The van der Waals surface area contributed by atoms with Crippen LogP contribution in [0.1, 0.15) is 35.5 Å². The van der Waals surface area contributed by atoms with Gasteiger partial charge in [-0.1, -0.05) is 12.1 Å². The summed E-state index contributed by atoms with van der Waals surface area (Å²) in [7, 11) is 1.95. The highest BCUT2D eigenvalue weighted by Gasteiger charge is 2.37. The molecule has 5 rings (SSSR count). The number of rotatable bonds is 7. The third-order valence-electron chi connectivity index (χ3n) is 6.49. The molecule has 2 N–H and O–H groups in total. The fourth-order valence-corrected chi connectivity index (χ4v) is 4.67. The lowest BCUT2D eigenvalue weighted by molar-refractivity contribution is -0.114. The van der Waals surface area contributed by atoms with Crippen molar-refractivity contribution >= 4 is 29.1 Å². The van der Waals surface area contributed by atoms with Crippen molar-refractivity contribution in [1.82, 2.24) is 25.2 Å². The number of likely N-dealkylation sites (N-methyl/N-ethyl adjacent to an activating group) is 1. The largest absolute Gasteiger partial charge is 0.318 e. The van der Waals surface area contributed by atoms with E-state index in [4.69, 9.17) is 4.98 Å². The topological polar surface area (TPSA) is 103 Å². The molecule has 0 saturated carbocycles. The molecule has 1 aromatic carbocycles. The molecule has 0 atom stereocenters. The van der Waals surface area contributed by atoms with E-state index in [0.29, 0.717) is 22.6 Å². The van der Waals surface area contributed by atoms with Crippen molar-refractivity contribution in [3.8, 4) is 11.3 Å². The fraction of sp³-hybridized carbons (Fsp3) is 0.346. The molecule has 1 amide bonds. The van der Waals surface area contributed by atoms with Gasteiger partial charge < -0.3 is 15.5 Å². The van der Waals surface area contributed by atoms with Crippen LogP contribution in [-0.2, 0) is 17.8 Å². The van der Waals surface area contributed by atoms with Gasteiger partial charge in [0, 0.05) is 49.9 Å². The second-order valence-electron chi connectivity index (χ2n) is 9.28. The average Bonchev–Trinajstić information content (AvgIpc) is 3.13. The third-order valence-corrected chi connectivity index (χ3v) is 6.49. The number of ketones is 1. The number of amides is 1. The average molecular weight is 490 g/mol. The van der Waals surface area contributed by atoms with Crippen molar-refractivity contribution in [3.05, 3.63) is 59.2 Å². The molecule has 0 spiro atoms. The summed E-state index contributed by atoms with van der Waals surface area (Å²) in [5.41, 5.74) is 3.53. The minimum absolute atomic E-state index is 0.0731. The summed E-state index contributed by atoms with van der Waals surface area (Å²) >= 11 is 0. The Morgan fingerprint density at radius 1 is 1.14 bits per heavy atom. The minimum Gasteiger partial charge on any atom is -0.318 e. The van der Waals surface area contributed by atoms with Crippen LogP contribution in [0.3, 0.4) is 0 Å². The summed E-state index contributed by atoms with van der Waals surface area (Å²) in [6.45, 7) is 7.38. The molecule has 0 aliphatic carbocycles. The first kappa shape index (κ1) is 24.0. The second-order valence-corrected chi connectivity index (χ2v) is 9.28. The number of nitrogens with one attached hydrogen (secondary N) is 2. The van der Waals surface area contributed by atoms with Crippen molar-refractivity contribution in [2.45, 2.75) is 32.9 Å². The SMILES string of the molecule is CNCCN1CCc2nc(Nc3ncc(F)c(-c4ccc5c(c4)N(C(C)C)C(=O)C5=O)n3)ccc2C1. The van der Waals surface area contributed by atoms with E-state index in [-0.39, 0.29) is 17.7 Å². The Morgan fingerprint density at radius 3 is 2.75 bits per heavy atom. The summed E-state index contributed by atoms with van der Waals surface area (Å²) < 4.78 is 14.8. The molecule has 0 saturated heterocycles. The molecule has 186 valence electrons. The Bertz CT molecular complexity index is 1340. The summed E-state index contributed by atoms with van der Waals surface area (Å²) in [4.78, 5) is 41.8. The van der Waals surface area contributed by atoms with Gasteiger partial charge >= 0.3 is 0 Å². The molecular weight excluding hydrogens is 461 g/mol. The predicted octanol–water partition coefficient (Wildman–Crippen LogP) is 2.94. The lowest BCUT2D eigenvalue weighted by Crippen LogP contribution is -2.35. The van der Waals surface area contributed by atoms with Crippen molar-refractivity contribution in [2.75, 3.05) is 36.9 Å². The molecule has 9 nitrogen and oxygen atoms in total. The van der Waals surface area contributed by atoms with Crippen molar-refractivity contribution in [2.24, 2.45) is 0 Å². The number of fused-ring (bicyclic) bond motifs is 2. The summed E-state index contributed by atoms with van der Waals surface area (Å²) in [5.74, 6) is -0.942. The standard InChI is InChI=1S/C26H28FN7O2/c1-15(2)34-21-12-16(4-6-18(21)24(35)25(34)36)23-19(27)13-29-26(32-23)31-22-7-5-17-14-33(11-9-28-3)10-8-20(17)30-22/h4-7,12-13,15,28H,8-11,14H2,1-3H3,(H,29,30,31,32). The second kappa shape index (κ2) is 9.71. The molecule has 0 fully saturated rings. The monoisotopic (exact) mass is 489 g/mol. The maximum absolute atomic E-state index is 14.8. The zero-order valence-corrected chi connectivity index (χ0v) is 20.5. The predicted molar refractivity (Wildman–Crippen MR) is 135 cm³/mol. The van der Waals surface area contributed by atoms with Crippen LogP contribution in [0.25, 0.3) is 11.3 Å². The van der Waals surface area contributed by atoms with E-state index in [2.05, 4.69) is 31.6 Å². The van der Waals surface area contributed by atoms with Gasteiger partial charge in [-0.3, -0.25) is 14.5 Å². The quantitative estimate of drug-likeness (QED) is 0.489. The van der Waals surface area contributed by atoms with E-state index < -0.39 is 17.5 Å². The van der Waals surface area contributed by atoms with Gasteiger partial charge in [-0.2, -0.15) is 0 Å². The van der Waals surface area contributed by atoms with Gasteiger partial charge in [-0.15, -0.1) is 0 Å². The highest BCUT2D eigenvalue weighted by atomic mass is 19.1. The van der Waals surface area contributed by atoms with E-state index >= 15 is 0 Å². The zero-order valence-electron chi connectivity index (χ0n) is 20.5. The Labute approximate surface area is 208 Å². The van der Waals surface area contributed by atoms with E-state index in [1.165, 1.54) is 10.5 Å². The number of Topliss-reactive ketones (excluding diaryl/α,β-unsaturated/α-hetero) is 1. The molecule has 2 aromatic heterocycles. The van der Waals surface area contributed by atoms with Crippen molar-refractivity contribution in [3.63, 3.8) is 0 Å². The number of pyridine rings is 1. The Morgan fingerprint density at radius 2 is 1.97 bits per heavy atom. The number of benzene rings is 1. The number of aromatic nitrogens is 3. The van der Waals surface area contributed by atoms with Crippen LogP contribution < -0.4 is 15.5 Å². The van der Waals surface area contributed by atoms with Gasteiger partial charge in [0.2, 0.25) is 5.95 Å². The van der Waals surface area contributed by atoms with Gasteiger partial charge in [-0.25, -0.2) is 19.3 Å². The normalized spacial score (nSPS) is 15.4. The van der Waals surface area contributed by atoms with Crippen LogP contribution in [0, 0.1) is 5.82 Å². The van der Waals surface area contributed by atoms with Crippen LogP contribution in [0.5, 0.6) is 0 Å². The molecule has 3 aromatic rings. The fourth-order valence-electron chi connectivity index (χ4n) is 4.67. The third kappa shape index (κ3) is 4.45. The minimum atomic E-state index is -0.604. The molecular formula is C26H28FN7O2. The van der Waals surface area contributed by atoms with E-state index in [9.17, 15) is 14.0 Å². The molecule has 2 aliphatic heterocycles. The van der Waals surface area contributed by atoms with Gasteiger partial charge in [0.25, 0.3) is 11.7 Å². The summed E-state index contributed by atoms with van der Waals surface area (Å²) in [6, 6.07) is 8.49. The Hall–Kier alpha value is -3.76. The molecule has 4 heterocycles. The molecule has 10 heteroatoms. The van der Waals surface area contributed by atoms with Gasteiger partial charge in [0.05, 0.1) is 17.4 Å². The summed E-state index contributed by atoms with van der Waals surface area (Å²) in [5, 5.41) is 6.27. The number of hydrogen-bond acceptors (Lipinski definition) is 8. The number of halogens is 1. The first-order valence-corrected chi connectivity index (χ1v) is 12.0. The highest BCUT2D eigenvalue weighted by Crippen LogP contribution is 2.35. The number of anilines is 3. The first-order chi connectivity index (χ1) is 17.4. The smallest absolute Gasteiger partial charge is 0.299 e. The van der Waals surface area contributed by atoms with Crippen LogP contribution in [0.2, 0.25) is 0 Å². The molecule has 36 heavy (non-hydrogen) atoms. The lowest BCUT2D eigenvalue weighted by atomic mass is 10.1. The molecule has 2 aliphatic rings. The van der Waals surface area contributed by atoms with Crippen LogP contribution in [-0.4, -0.2) is 64.3 Å². The number of nitrogens with zero attached hydrogens (tertiary/aromatic N) is 5. The van der Waals surface area contributed by atoms with E-state index in [1.54, 1.807) is 18.2 Å². The lowest BCUT2D eigenvalue weighted by Gasteiger charge is -2.28. The van der Waals surface area contributed by atoms with Crippen LogP contribution in [0.4, 0.5) is 21.8 Å². The van der Waals surface area contributed by atoms with E-state index in [1.807, 2.05) is 27.0 Å². The highest BCUT2D eigenvalue weighted by molar-refractivity contribution is 6.52. The zero-order chi connectivity index (χ0) is 25.4. The van der Waals surface area contributed by atoms with E-state index in [0.717, 1.165) is 44.5 Å². The van der Waals surface area contributed by atoms with Crippen LogP contribution in [0.15, 0.2) is 36.5 Å². The van der Waals surface area contributed by atoms with Gasteiger partial charge in [0.1, 0.15) is 11.5 Å². The molecule has 0 bridgehead atoms. The van der Waals surface area contributed by atoms with Gasteiger partial charge in [0.15, 0.2) is 5.82 Å². The summed E-state index contributed by atoms with van der Waals surface area (Å²) in [6.07, 6.45) is 1.95. The number of carbonyl (C=O) groups excluding carboxylic acids is 2.